The maximum atomic E-state index is 13.2. The van der Waals surface area contributed by atoms with Gasteiger partial charge in [0.2, 0.25) is 0 Å². The van der Waals surface area contributed by atoms with Crippen molar-refractivity contribution in [3.05, 3.63) is 95.6 Å². The van der Waals surface area contributed by atoms with Crippen LogP contribution in [0.4, 0.5) is 13.6 Å². The smallest absolute Gasteiger partial charge is 0.415 e. The number of carbonyl (C=O) groups is 2. The fourth-order valence-corrected chi connectivity index (χ4v) is 3.54. The Labute approximate surface area is 225 Å². The van der Waals surface area contributed by atoms with Crippen LogP contribution in [0.2, 0.25) is 0 Å². The Hall–Kier alpha value is -4.02. The van der Waals surface area contributed by atoms with E-state index in [1.54, 1.807) is 43.3 Å². The van der Waals surface area contributed by atoms with E-state index in [1.807, 2.05) is 0 Å². The maximum Gasteiger partial charge on any atom is 0.415 e. The van der Waals surface area contributed by atoms with Gasteiger partial charge in [-0.3, -0.25) is 0 Å². The molecule has 1 atom stereocenters. The number of hydrogen-bond acceptors (Lipinski definition) is 6. The van der Waals surface area contributed by atoms with Gasteiger partial charge in [-0.15, -0.1) is 0 Å². The van der Waals surface area contributed by atoms with E-state index in [4.69, 9.17) is 18.9 Å². The Morgan fingerprint density at radius 2 is 1.38 bits per heavy atom. The average Bonchev–Trinajstić information content (AvgIpc) is 2.92. The van der Waals surface area contributed by atoms with Gasteiger partial charge in [0.15, 0.2) is 6.10 Å². The van der Waals surface area contributed by atoms with E-state index in [9.17, 15) is 23.5 Å². The minimum absolute atomic E-state index is 0.145. The second-order valence-corrected chi connectivity index (χ2v) is 8.47. The summed E-state index contributed by atoms with van der Waals surface area (Å²) in [5, 5.41) is 9.25. The average molecular weight is 544 g/mol. The molecule has 3 aromatic carbocycles. The molecule has 0 bridgehead atoms. The number of amides is 1. The number of hydrogen-bond donors (Lipinski definition) is 1. The zero-order valence-corrected chi connectivity index (χ0v) is 21.6. The predicted molar refractivity (Wildman–Crippen MR) is 139 cm³/mol. The second-order valence-electron chi connectivity index (χ2n) is 8.47. The van der Waals surface area contributed by atoms with Crippen LogP contribution in [0, 0.1) is 11.6 Å². The van der Waals surface area contributed by atoms with E-state index in [2.05, 4.69) is 0 Å². The summed E-state index contributed by atoms with van der Waals surface area (Å²) in [5.74, 6) is -1.07. The molecule has 39 heavy (non-hydrogen) atoms. The largest absolute Gasteiger partial charge is 0.492 e. The third kappa shape index (κ3) is 10.3. The molecule has 0 saturated heterocycles. The van der Waals surface area contributed by atoms with Gasteiger partial charge in [-0.05, 0) is 66.6 Å². The number of aliphatic carboxylic acids is 1. The highest BCUT2D eigenvalue weighted by molar-refractivity contribution is 5.72. The van der Waals surface area contributed by atoms with E-state index in [1.165, 1.54) is 41.3 Å². The highest BCUT2D eigenvalue weighted by Crippen LogP contribution is 2.16. The van der Waals surface area contributed by atoms with Crippen LogP contribution in [0.15, 0.2) is 72.8 Å². The summed E-state index contributed by atoms with van der Waals surface area (Å²) in [6.07, 6.45) is -1.35. The van der Waals surface area contributed by atoms with Gasteiger partial charge in [-0.25, -0.2) is 18.4 Å². The first-order chi connectivity index (χ1) is 18.8. The monoisotopic (exact) mass is 543 g/mol. The van der Waals surface area contributed by atoms with Gasteiger partial charge in [-0.1, -0.05) is 24.3 Å². The van der Waals surface area contributed by atoms with E-state index in [-0.39, 0.29) is 50.9 Å². The quantitative estimate of drug-likeness (QED) is 0.267. The molecular formula is C29H31F2NO7. The molecule has 1 amide bonds. The Morgan fingerprint density at radius 3 is 2.00 bits per heavy atom. The molecule has 0 aliphatic carbocycles. The molecule has 0 radical (unpaired) electrons. The van der Waals surface area contributed by atoms with Crippen molar-refractivity contribution < 1.29 is 42.4 Å². The molecule has 8 nitrogen and oxygen atoms in total. The summed E-state index contributed by atoms with van der Waals surface area (Å²) in [4.78, 5) is 25.5. The first kappa shape index (κ1) is 29.5. The lowest BCUT2D eigenvalue weighted by Crippen LogP contribution is -2.39. The SMILES string of the molecule is CCOC(Cc1ccc(OCCN(CCOCc2ccc(F)cc2)C(=O)Oc2ccc(F)cc2)cc1)C(=O)O. The van der Waals surface area contributed by atoms with Crippen LogP contribution in [0.5, 0.6) is 11.5 Å². The lowest BCUT2D eigenvalue weighted by atomic mass is 10.1. The molecule has 0 aliphatic heterocycles. The van der Waals surface area contributed by atoms with Crippen molar-refractivity contribution in [2.45, 2.75) is 26.1 Å². The number of halogens is 2. The molecule has 3 aromatic rings. The highest BCUT2D eigenvalue weighted by Gasteiger charge is 2.18. The molecule has 10 heteroatoms. The van der Waals surface area contributed by atoms with E-state index >= 15 is 0 Å². The number of carbonyl (C=O) groups excluding carboxylic acids is 1. The van der Waals surface area contributed by atoms with Gasteiger partial charge >= 0.3 is 12.1 Å². The van der Waals surface area contributed by atoms with Crippen molar-refractivity contribution in [2.24, 2.45) is 0 Å². The summed E-state index contributed by atoms with van der Waals surface area (Å²) in [5.41, 5.74) is 1.57. The summed E-state index contributed by atoms with van der Waals surface area (Å²) in [7, 11) is 0. The Morgan fingerprint density at radius 1 is 0.821 bits per heavy atom. The molecule has 0 heterocycles. The van der Waals surface area contributed by atoms with Crippen LogP contribution in [0.3, 0.4) is 0 Å². The summed E-state index contributed by atoms with van der Waals surface area (Å²) in [6.45, 7) is 2.99. The van der Waals surface area contributed by atoms with Gasteiger partial charge < -0.3 is 29.0 Å². The fraction of sp³-hybridized carbons (Fsp3) is 0.310. The van der Waals surface area contributed by atoms with Gasteiger partial charge in [0.25, 0.3) is 0 Å². The topological polar surface area (TPSA) is 94.5 Å². The molecule has 208 valence electrons. The summed E-state index contributed by atoms with van der Waals surface area (Å²) >= 11 is 0. The lowest BCUT2D eigenvalue weighted by Gasteiger charge is -2.22. The Balaban J connectivity index is 1.53. The van der Waals surface area contributed by atoms with Crippen LogP contribution in [0.25, 0.3) is 0 Å². The highest BCUT2D eigenvalue weighted by atomic mass is 19.1. The van der Waals surface area contributed by atoms with E-state index in [0.29, 0.717) is 12.4 Å². The van der Waals surface area contributed by atoms with Crippen LogP contribution in [-0.2, 0) is 27.3 Å². The second kappa shape index (κ2) is 15.4. The van der Waals surface area contributed by atoms with Gasteiger partial charge in [0, 0.05) is 19.6 Å². The molecule has 0 aliphatic rings. The summed E-state index contributed by atoms with van der Waals surface area (Å²) < 4.78 is 48.3. The van der Waals surface area contributed by atoms with Crippen LogP contribution >= 0.6 is 0 Å². The molecule has 1 unspecified atom stereocenters. The third-order valence-electron chi connectivity index (χ3n) is 5.58. The number of nitrogens with zero attached hydrogens (tertiary/aromatic N) is 1. The fourth-order valence-electron chi connectivity index (χ4n) is 3.54. The molecule has 0 fully saturated rings. The summed E-state index contributed by atoms with van der Waals surface area (Å²) in [6, 6.07) is 18.0. The molecular weight excluding hydrogens is 512 g/mol. The van der Waals surface area contributed by atoms with Crippen molar-refractivity contribution >= 4 is 12.1 Å². The van der Waals surface area contributed by atoms with E-state index < -0.39 is 24.0 Å². The van der Waals surface area contributed by atoms with Gasteiger partial charge in [-0.2, -0.15) is 0 Å². The van der Waals surface area contributed by atoms with Crippen molar-refractivity contribution in [1.82, 2.24) is 4.90 Å². The minimum atomic E-state index is -1.02. The molecule has 0 saturated carbocycles. The molecule has 3 rings (SSSR count). The molecule has 0 aromatic heterocycles. The lowest BCUT2D eigenvalue weighted by molar-refractivity contribution is -0.149. The predicted octanol–water partition coefficient (Wildman–Crippen LogP) is 5.09. The zero-order chi connectivity index (χ0) is 28.0. The number of carboxylic acid groups (broad SMARTS) is 1. The standard InChI is InChI=1S/C29H31F2NO7/c1-2-37-27(28(33)34)19-21-5-11-25(12-6-21)38-18-16-32(29(35)39-26-13-9-24(31)10-14-26)15-17-36-20-22-3-7-23(30)8-4-22/h3-14,27H,2,15-20H2,1H3,(H,33,34). The first-order valence-corrected chi connectivity index (χ1v) is 12.4. The zero-order valence-electron chi connectivity index (χ0n) is 21.6. The minimum Gasteiger partial charge on any atom is -0.492 e. The Kier molecular flexibility index (Phi) is 11.7. The molecule has 1 N–H and O–H groups in total. The number of benzene rings is 3. The van der Waals surface area contributed by atoms with Crippen LogP contribution in [-0.4, -0.2) is 61.1 Å². The number of carboxylic acids is 1. The van der Waals surface area contributed by atoms with Crippen LogP contribution < -0.4 is 9.47 Å². The van der Waals surface area contributed by atoms with Gasteiger partial charge in [0.05, 0.1) is 19.8 Å². The number of rotatable bonds is 15. The first-order valence-electron chi connectivity index (χ1n) is 12.4. The van der Waals surface area contributed by atoms with Crippen LogP contribution in [0.1, 0.15) is 18.1 Å². The van der Waals surface area contributed by atoms with E-state index in [0.717, 1.165) is 11.1 Å². The third-order valence-corrected chi connectivity index (χ3v) is 5.58. The van der Waals surface area contributed by atoms with Crippen molar-refractivity contribution in [3.63, 3.8) is 0 Å². The van der Waals surface area contributed by atoms with Crippen molar-refractivity contribution in [2.75, 3.05) is 32.9 Å². The number of ether oxygens (including phenoxy) is 4. The Bertz CT molecular complexity index is 1170. The maximum absolute atomic E-state index is 13.2. The van der Waals surface area contributed by atoms with Gasteiger partial charge in [0.1, 0.15) is 29.7 Å². The van der Waals surface area contributed by atoms with Crippen molar-refractivity contribution in [1.29, 1.82) is 0 Å². The van der Waals surface area contributed by atoms with Crippen molar-refractivity contribution in [3.8, 4) is 11.5 Å². The molecule has 0 spiro atoms. The normalized spacial score (nSPS) is 11.6.